The molecular formula is C31H45FSi. The van der Waals surface area contributed by atoms with E-state index in [0.717, 1.165) is 17.0 Å². The van der Waals surface area contributed by atoms with Gasteiger partial charge in [0.1, 0.15) is 5.82 Å². The van der Waals surface area contributed by atoms with Gasteiger partial charge < -0.3 is 0 Å². The van der Waals surface area contributed by atoms with Crippen molar-refractivity contribution in [3.05, 3.63) is 59.4 Å². The SMILES string of the molecule is CCCCC[SiH]1CCC(c2ccc(-c3ccc(C4CCC(CCC)CC4)cc3)c(F)c2)CC1. The van der Waals surface area contributed by atoms with Crippen molar-refractivity contribution in [3.8, 4) is 11.1 Å². The van der Waals surface area contributed by atoms with Crippen LogP contribution in [0, 0.1) is 11.7 Å². The molecular weight excluding hydrogens is 419 g/mol. The van der Waals surface area contributed by atoms with Crippen molar-refractivity contribution in [1.29, 1.82) is 0 Å². The van der Waals surface area contributed by atoms with Gasteiger partial charge in [-0.2, -0.15) is 0 Å². The summed E-state index contributed by atoms with van der Waals surface area (Å²) in [5.41, 5.74) is 4.47. The Balaban J connectivity index is 1.34. The number of benzene rings is 2. The summed E-state index contributed by atoms with van der Waals surface area (Å²) in [5.74, 6) is 2.17. The maximum absolute atomic E-state index is 15.2. The molecule has 0 aromatic heterocycles. The van der Waals surface area contributed by atoms with E-state index in [4.69, 9.17) is 0 Å². The fraction of sp³-hybridized carbons (Fsp3) is 0.613. The van der Waals surface area contributed by atoms with Gasteiger partial charge in [-0.25, -0.2) is 4.39 Å². The van der Waals surface area contributed by atoms with Crippen LogP contribution in [0.1, 0.15) is 107 Å². The highest BCUT2D eigenvalue weighted by molar-refractivity contribution is 6.59. The lowest BCUT2D eigenvalue weighted by molar-refractivity contribution is 0.308. The average Bonchev–Trinajstić information content (AvgIpc) is 2.85. The Morgan fingerprint density at radius 3 is 2.06 bits per heavy atom. The summed E-state index contributed by atoms with van der Waals surface area (Å²) in [6.07, 6.45) is 14.8. The highest BCUT2D eigenvalue weighted by atomic mass is 28.3. The fourth-order valence-electron chi connectivity index (χ4n) is 6.61. The summed E-state index contributed by atoms with van der Waals surface area (Å²) < 4.78 is 15.2. The Labute approximate surface area is 204 Å². The fourth-order valence-corrected chi connectivity index (χ4v) is 10.1. The smallest absolute Gasteiger partial charge is 0.131 e. The van der Waals surface area contributed by atoms with Crippen LogP contribution in [-0.2, 0) is 0 Å². The molecule has 0 unspecified atom stereocenters. The molecule has 1 aliphatic carbocycles. The van der Waals surface area contributed by atoms with Crippen LogP contribution in [0.25, 0.3) is 11.1 Å². The van der Waals surface area contributed by atoms with Crippen LogP contribution in [-0.4, -0.2) is 8.80 Å². The van der Waals surface area contributed by atoms with Gasteiger partial charge in [0.05, 0.1) is 0 Å². The molecule has 0 radical (unpaired) electrons. The molecule has 0 spiro atoms. The first-order valence-electron chi connectivity index (χ1n) is 14.1. The summed E-state index contributed by atoms with van der Waals surface area (Å²) in [5, 5.41) is 0. The maximum Gasteiger partial charge on any atom is 0.131 e. The number of hydrogen-bond acceptors (Lipinski definition) is 0. The Morgan fingerprint density at radius 2 is 1.42 bits per heavy atom. The molecule has 1 saturated carbocycles. The minimum absolute atomic E-state index is 0.0392. The normalized spacial score (nSPS) is 25.8. The number of hydrogen-bond donors (Lipinski definition) is 0. The maximum atomic E-state index is 15.2. The molecule has 2 aromatic carbocycles. The van der Waals surface area contributed by atoms with Gasteiger partial charge in [0.25, 0.3) is 0 Å². The molecule has 1 saturated heterocycles. The first-order chi connectivity index (χ1) is 16.2. The second kappa shape index (κ2) is 12.3. The van der Waals surface area contributed by atoms with Crippen molar-refractivity contribution in [2.45, 2.75) is 114 Å². The third kappa shape index (κ3) is 6.59. The van der Waals surface area contributed by atoms with Gasteiger partial charge in [0.2, 0.25) is 0 Å². The summed E-state index contributed by atoms with van der Waals surface area (Å²) >= 11 is 0. The van der Waals surface area contributed by atoms with E-state index in [2.05, 4.69) is 44.2 Å². The van der Waals surface area contributed by atoms with E-state index >= 15 is 4.39 Å². The highest BCUT2D eigenvalue weighted by Crippen LogP contribution is 2.39. The second-order valence-corrected chi connectivity index (χ2v) is 14.5. The van der Waals surface area contributed by atoms with Crippen molar-refractivity contribution in [1.82, 2.24) is 0 Å². The van der Waals surface area contributed by atoms with Crippen LogP contribution >= 0.6 is 0 Å². The zero-order chi connectivity index (χ0) is 23.0. The second-order valence-electron chi connectivity index (χ2n) is 11.1. The molecule has 2 fully saturated rings. The molecule has 0 bridgehead atoms. The van der Waals surface area contributed by atoms with E-state index in [9.17, 15) is 0 Å². The van der Waals surface area contributed by atoms with E-state index in [1.165, 1.54) is 99.9 Å². The molecule has 0 nitrogen and oxygen atoms in total. The Kier molecular flexibility index (Phi) is 9.24. The van der Waals surface area contributed by atoms with Crippen LogP contribution in [0.2, 0.25) is 18.1 Å². The first kappa shape index (κ1) is 24.7. The van der Waals surface area contributed by atoms with Gasteiger partial charge in [0, 0.05) is 14.4 Å². The van der Waals surface area contributed by atoms with Gasteiger partial charge in [-0.15, -0.1) is 0 Å². The van der Waals surface area contributed by atoms with Gasteiger partial charge in [-0.3, -0.25) is 0 Å². The van der Waals surface area contributed by atoms with Crippen LogP contribution in [0.15, 0.2) is 42.5 Å². The zero-order valence-electron chi connectivity index (χ0n) is 21.1. The van der Waals surface area contributed by atoms with Crippen molar-refractivity contribution in [3.63, 3.8) is 0 Å². The lowest BCUT2D eigenvalue weighted by atomic mass is 9.77. The van der Waals surface area contributed by atoms with E-state index < -0.39 is 8.80 Å². The summed E-state index contributed by atoms with van der Waals surface area (Å²) in [6, 6.07) is 19.4. The predicted octanol–water partition coefficient (Wildman–Crippen LogP) is 9.86. The monoisotopic (exact) mass is 464 g/mol. The van der Waals surface area contributed by atoms with Crippen LogP contribution in [0.4, 0.5) is 4.39 Å². The Bertz CT molecular complexity index is 842. The molecule has 33 heavy (non-hydrogen) atoms. The van der Waals surface area contributed by atoms with E-state index in [1.807, 2.05) is 12.1 Å². The van der Waals surface area contributed by atoms with Crippen molar-refractivity contribution >= 4 is 8.80 Å². The van der Waals surface area contributed by atoms with Gasteiger partial charge in [0.15, 0.2) is 0 Å². The third-order valence-electron chi connectivity index (χ3n) is 8.76. The molecule has 1 aliphatic heterocycles. The molecule has 1 heterocycles. The van der Waals surface area contributed by atoms with Crippen molar-refractivity contribution in [2.24, 2.45) is 5.92 Å². The first-order valence-corrected chi connectivity index (χ1v) is 16.5. The lowest BCUT2D eigenvalue weighted by Gasteiger charge is -2.29. The molecule has 4 rings (SSSR count). The minimum Gasteiger partial charge on any atom is -0.206 e. The average molecular weight is 465 g/mol. The third-order valence-corrected chi connectivity index (χ3v) is 12.3. The topological polar surface area (TPSA) is 0 Å². The largest absolute Gasteiger partial charge is 0.206 e. The number of rotatable bonds is 9. The van der Waals surface area contributed by atoms with Crippen molar-refractivity contribution < 1.29 is 4.39 Å². The minimum atomic E-state index is -0.510. The predicted molar refractivity (Wildman–Crippen MR) is 145 cm³/mol. The van der Waals surface area contributed by atoms with Crippen LogP contribution < -0.4 is 0 Å². The summed E-state index contributed by atoms with van der Waals surface area (Å²) in [7, 11) is -0.510. The van der Waals surface area contributed by atoms with E-state index in [1.54, 1.807) is 0 Å². The quantitative estimate of drug-likeness (QED) is 0.256. The van der Waals surface area contributed by atoms with Crippen molar-refractivity contribution in [2.75, 3.05) is 0 Å². The van der Waals surface area contributed by atoms with Gasteiger partial charge in [-0.05, 0) is 79.0 Å². The molecule has 180 valence electrons. The molecule has 0 N–H and O–H groups in total. The van der Waals surface area contributed by atoms with Crippen LogP contribution in [0.3, 0.4) is 0 Å². The highest BCUT2D eigenvalue weighted by Gasteiger charge is 2.24. The molecule has 2 aromatic rings. The molecule has 0 amide bonds. The lowest BCUT2D eigenvalue weighted by Crippen LogP contribution is -2.20. The Morgan fingerprint density at radius 1 is 0.758 bits per heavy atom. The molecule has 2 aliphatic rings. The summed E-state index contributed by atoms with van der Waals surface area (Å²) in [4.78, 5) is 0. The number of unbranched alkanes of at least 4 members (excludes halogenated alkanes) is 2. The van der Waals surface area contributed by atoms with E-state index in [-0.39, 0.29) is 5.82 Å². The van der Waals surface area contributed by atoms with Crippen LogP contribution in [0.5, 0.6) is 0 Å². The van der Waals surface area contributed by atoms with E-state index in [0.29, 0.717) is 11.8 Å². The van der Waals surface area contributed by atoms with Gasteiger partial charge in [-0.1, -0.05) is 100 Å². The van der Waals surface area contributed by atoms with Gasteiger partial charge >= 0.3 is 0 Å². The standard InChI is InChI=1S/C31H45FSi/c1-3-5-6-20-33-21-18-27(19-22-33)29-16-17-30(31(32)23-29)28-14-12-26(13-15-28)25-10-8-24(7-4-2)9-11-25/h12-17,23-25,27,33H,3-11,18-22H2,1-2H3. The number of halogens is 1. The Hall–Kier alpha value is -1.41. The summed E-state index contributed by atoms with van der Waals surface area (Å²) in [6.45, 7) is 4.60. The molecule has 2 heteroatoms. The zero-order valence-corrected chi connectivity index (χ0v) is 22.3. The molecule has 0 atom stereocenters.